The molecule has 106 valence electrons. The third kappa shape index (κ3) is 5.43. The molecule has 0 fully saturated rings. The average molecular weight is 262 g/mol. The van der Waals surface area contributed by atoms with Crippen molar-refractivity contribution < 1.29 is 4.79 Å². The Morgan fingerprint density at radius 2 is 1.84 bits per heavy atom. The van der Waals surface area contributed by atoms with Crippen molar-refractivity contribution in [3.8, 4) is 0 Å². The number of amides is 1. The standard InChI is InChI=1S/C16H26N2O/c1-12(2)14-7-5-13(6-8-14)9-10-16(3,4)18-15(19)11-17/h5-8,12H,9-11,17H2,1-4H3,(H,18,19). The van der Waals surface area contributed by atoms with Crippen molar-refractivity contribution in [2.24, 2.45) is 5.73 Å². The molecule has 0 saturated heterocycles. The van der Waals surface area contributed by atoms with E-state index in [0.717, 1.165) is 12.8 Å². The molecule has 0 atom stereocenters. The van der Waals surface area contributed by atoms with Crippen LogP contribution in [-0.4, -0.2) is 18.0 Å². The molecule has 0 heterocycles. The summed E-state index contributed by atoms with van der Waals surface area (Å²) in [6, 6.07) is 8.73. The third-order valence-corrected chi connectivity index (χ3v) is 3.35. The molecule has 3 N–H and O–H groups in total. The summed E-state index contributed by atoms with van der Waals surface area (Å²) in [5, 5.41) is 2.94. The number of carbonyl (C=O) groups excluding carboxylic acids is 1. The Bertz CT molecular complexity index is 407. The minimum atomic E-state index is -0.215. The van der Waals surface area contributed by atoms with Gasteiger partial charge in [0.05, 0.1) is 6.54 Å². The van der Waals surface area contributed by atoms with E-state index in [9.17, 15) is 4.79 Å². The second kappa shape index (κ2) is 6.71. The van der Waals surface area contributed by atoms with Crippen molar-refractivity contribution in [2.45, 2.75) is 52.0 Å². The molecule has 0 aliphatic heterocycles. The Kier molecular flexibility index (Phi) is 5.55. The molecule has 1 aromatic rings. The highest BCUT2D eigenvalue weighted by atomic mass is 16.1. The van der Waals surface area contributed by atoms with Crippen LogP contribution < -0.4 is 11.1 Å². The summed E-state index contributed by atoms with van der Waals surface area (Å²) < 4.78 is 0. The summed E-state index contributed by atoms with van der Waals surface area (Å²) in [5.74, 6) is 0.467. The van der Waals surface area contributed by atoms with E-state index in [0.29, 0.717) is 5.92 Å². The van der Waals surface area contributed by atoms with Crippen LogP contribution in [0.1, 0.15) is 51.2 Å². The molecule has 0 aliphatic carbocycles. The molecule has 1 amide bonds. The SMILES string of the molecule is CC(C)c1ccc(CCC(C)(C)NC(=O)CN)cc1. The molecule has 0 radical (unpaired) electrons. The molecule has 0 aliphatic rings. The van der Waals surface area contributed by atoms with Gasteiger partial charge in [-0.3, -0.25) is 4.79 Å². The van der Waals surface area contributed by atoms with Gasteiger partial charge in [0.15, 0.2) is 0 Å². The monoisotopic (exact) mass is 262 g/mol. The number of nitrogens with one attached hydrogen (secondary N) is 1. The van der Waals surface area contributed by atoms with Gasteiger partial charge in [-0.15, -0.1) is 0 Å². The maximum absolute atomic E-state index is 11.3. The first-order valence-corrected chi connectivity index (χ1v) is 6.94. The molecule has 3 nitrogen and oxygen atoms in total. The second-order valence-electron chi connectivity index (χ2n) is 6.03. The number of hydrogen-bond donors (Lipinski definition) is 2. The Balaban J connectivity index is 2.54. The number of aryl methyl sites for hydroxylation is 1. The predicted molar refractivity (Wildman–Crippen MR) is 80.1 cm³/mol. The van der Waals surface area contributed by atoms with Gasteiger partial charge in [-0.1, -0.05) is 38.1 Å². The van der Waals surface area contributed by atoms with Crippen LogP contribution in [0.25, 0.3) is 0 Å². The zero-order chi connectivity index (χ0) is 14.5. The molecule has 1 rings (SSSR count). The van der Waals surface area contributed by atoms with Crippen molar-refractivity contribution in [3.63, 3.8) is 0 Å². The molecular weight excluding hydrogens is 236 g/mol. The lowest BCUT2D eigenvalue weighted by Crippen LogP contribution is -2.46. The summed E-state index contributed by atoms with van der Waals surface area (Å²) in [6.45, 7) is 8.50. The molecule has 0 aromatic heterocycles. The Hall–Kier alpha value is -1.35. The fourth-order valence-electron chi connectivity index (χ4n) is 2.02. The van der Waals surface area contributed by atoms with Crippen LogP contribution in [0.15, 0.2) is 24.3 Å². The average Bonchev–Trinajstić information content (AvgIpc) is 2.36. The van der Waals surface area contributed by atoms with Crippen LogP contribution in [-0.2, 0) is 11.2 Å². The second-order valence-corrected chi connectivity index (χ2v) is 6.03. The molecule has 19 heavy (non-hydrogen) atoms. The minimum absolute atomic E-state index is 0.0481. The van der Waals surface area contributed by atoms with E-state index in [-0.39, 0.29) is 18.0 Å². The first kappa shape index (κ1) is 15.7. The number of nitrogens with two attached hydrogens (primary N) is 1. The quantitative estimate of drug-likeness (QED) is 0.828. The van der Waals surface area contributed by atoms with E-state index in [1.165, 1.54) is 11.1 Å². The highest BCUT2D eigenvalue weighted by Crippen LogP contribution is 2.17. The van der Waals surface area contributed by atoms with Crippen LogP contribution in [0.4, 0.5) is 0 Å². The van der Waals surface area contributed by atoms with Crippen LogP contribution >= 0.6 is 0 Å². The van der Waals surface area contributed by atoms with Gasteiger partial charge in [0.25, 0.3) is 0 Å². The van der Waals surface area contributed by atoms with Crippen LogP contribution in [0.5, 0.6) is 0 Å². The normalized spacial score (nSPS) is 11.7. The molecular formula is C16H26N2O. The van der Waals surface area contributed by atoms with E-state index in [1.54, 1.807) is 0 Å². The lowest BCUT2D eigenvalue weighted by Gasteiger charge is -2.26. The van der Waals surface area contributed by atoms with E-state index in [1.807, 2.05) is 13.8 Å². The van der Waals surface area contributed by atoms with E-state index in [2.05, 4.69) is 43.4 Å². The number of benzene rings is 1. The Morgan fingerprint density at radius 3 is 2.32 bits per heavy atom. The molecule has 1 aromatic carbocycles. The van der Waals surface area contributed by atoms with Gasteiger partial charge >= 0.3 is 0 Å². The summed E-state index contributed by atoms with van der Waals surface area (Å²) >= 11 is 0. The van der Waals surface area contributed by atoms with Gasteiger partial charge in [-0.2, -0.15) is 0 Å². The molecule has 0 spiro atoms. The molecule has 0 bridgehead atoms. The zero-order valence-electron chi connectivity index (χ0n) is 12.5. The van der Waals surface area contributed by atoms with Gasteiger partial charge in [-0.25, -0.2) is 0 Å². The van der Waals surface area contributed by atoms with Crippen molar-refractivity contribution in [1.82, 2.24) is 5.32 Å². The van der Waals surface area contributed by atoms with E-state index < -0.39 is 0 Å². The zero-order valence-corrected chi connectivity index (χ0v) is 12.5. The van der Waals surface area contributed by atoms with Crippen molar-refractivity contribution in [3.05, 3.63) is 35.4 Å². The van der Waals surface area contributed by atoms with Crippen molar-refractivity contribution >= 4 is 5.91 Å². The van der Waals surface area contributed by atoms with Gasteiger partial charge < -0.3 is 11.1 Å². The highest BCUT2D eigenvalue weighted by molar-refractivity contribution is 5.78. The fourth-order valence-corrected chi connectivity index (χ4v) is 2.02. The molecule has 0 unspecified atom stereocenters. The predicted octanol–water partition coefficient (Wildman–Crippen LogP) is 2.60. The van der Waals surface area contributed by atoms with E-state index in [4.69, 9.17) is 5.73 Å². The van der Waals surface area contributed by atoms with Crippen molar-refractivity contribution in [1.29, 1.82) is 0 Å². The van der Waals surface area contributed by atoms with Gasteiger partial charge in [0.2, 0.25) is 5.91 Å². The van der Waals surface area contributed by atoms with Gasteiger partial charge in [0, 0.05) is 5.54 Å². The van der Waals surface area contributed by atoms with Crippen molar-refractivity contribution in [2.75, 3.05) is 6.54 Å². The number of hydrogen-bond acceptors (Lipinski definition) is 2. The summed E-state index contributed by atoms with van der Waals surface area (Å²) in [6.07, 6.45) is 1.86. The summed E-state index contributed by atoms with van der Waals surface area (Å²) in [4.78, 5) is 11.3. The molecule has 0 saturated carbocycles. The third-order valence-electron chi connectivity index (χ3n) is 3.35. The van der Waals surface area contributed by atoms with E-state index >= 15 is 0 Å². The largest absolute Gasteiger partial charge is 0.350 e. The smallest absolute Gasteiger partial charge is 0.234 e. The maximum atomic E-state index is 11.3. The Labute approximate surface area is 116 Å². The number of rotatable bonds is 6. The topological polar surface area (TPSA) is 55.1 Å². The number of carbonyl (C=O) groups is 1. The van der Waals surface area contributed by atoms with Crippen LogP contribution in [0.2, 0.25) is 0 Å². The minimum Gasteiger partial charge on any atom is -0.350 e. The van der Waals surface area contributed by atoms with Gasteiger partial charge in [0.1, 0.15) is 0 Å². The summed E-state index contributed by atoms with van der Waals surface area (Å²) in [7, 11) is 0. The first-order chi connectivity index (χ1) is 8.84. The Morgan fingerprint density at radius 1 is 1.26 bits per heavy atom. The summed E-state index contributed by atoms with van der Waals surface area (Å²) in [5.41, 5.74) is 7.77. The lowest BCUT2D eigenvalue weighted by molar-refractivity contribution is -0.121. The maximum Gasteiger partial charge on any atom is 0.234 e. The first-order valence-electron chi connectivity index (χ1n) is 6.94. The van der Waals surface area contributed by atoms with Crippen LogP contribution in [0, 0.1) is 0 Å². The fraction of sp³-hybridized carbons (Fsp3) is 0.562. The lowest BCUT2D eigenvalue weighted by atomic mass is 9.94. The molecule has 3 heteroatoms. The van der Waals surface area contributed by atoms with Crippen LogP contribution in [0.3, 0.4) is 0 Å². The highest BCUT2D eigenvalue weighted by Gasteiger charge is 2.19. The van der Waals surface area contributed by atoms with Gasteiger partial charge in [-0.05, 0) is 43.7 Å².